The zero-order valence-corrected chi connectivity index (χ0v) is 9.04. The summed E-state index contributed by atoms with van der Waals surface area (Å²) in [4.78, 5) is 10.2. The van der Waals surface area contributed by atoms with Crippen LogP contribution in [-0.4, -0.2) is 30.6 Å². The molecule has 0 saturated carbocycles. The van der Waals surface area contributed by atoms with E-state index in [2.05, 4.69) is 21.9 Å². The minimum Gasteiger partial charge on any atom is -0.365 e. The van der Waals surface area contributed by atoms with E-state index >= 15 is 0 Å². The quantitative estimate of drug-likeness (QED) is 0.825. The lowest BCUT2D eigenvalue weighted by atomic mass is 10.5. The lowest BCUT2D eigenvalue weighted by molar-refractivity contribution is 0.995. The second-order valence-corrected chi connectivity index (χ2v) is 3.54. The van der Waals surface area contributed by atoms with E-state index in [1.807, 2.05) is 19.0 Å². The van der Waals surface area contributed by atoms with Crippen molar-refractivity contribution in [2.75, 3.05) is 30.9 Å². The van der Waals surface area contributed by atoms with Crippen LogP contribution in [0, 0.1) is 0 Å². The lowest BCUT2D eigenvalue weighted by Crippen LogP contribution is -2.13. The van der Waals surface area contributed by atoms with Crippen molar-refractivity contribution in [3.8, 4) is 0 Å². The van der Waals surface area contributed by atoms with Crippen LogP contribution >= 0.6 is 11.6 Å². The molecule has 1 aromatic rings. The molecule has 0 aliphatic carbocycles. The Morgan fingerprint density at radius 1 is 1.64 bits per heavy atom. The standard InChI is InChI=1S/C9H13ClN4/c1-7(10)6-12-8-4-5-11-9(13-8)14(2)3/h4-5H,1,6H2,2-3H3,(H,11,12,13). The van der Waals surface area contributed by atoms with Crippen LogP contribution in [0.1, 0.15) is 0 Å². The minimum absolute atomic E-state index is 0.505. The molecule has 14 heavy (non-hydrogen) atoms. The number of anilines is 2. The van der Waals surface area contributed by atoms with Gasteiger partial charge in [-0.3, -0.25) is 0 Å². The van der Waals surface area contributed by atoms with Crippen molar-refractivity contribution in [1.29, 1.82) is 0 Å². The Morgan fingerprint density at radius 2 is 2.36 bits per heavy atom. The predicted octanol–water partition coefficient (Wildman–Crippen LogP) is 1.71. The van der Waals surface area contributed by atoms with Gasteiger partial charge in [0, 0.05) is 25.3 Å². The van der Waals surface area contributed by atoms with E-state index in [0.717, 1.165) is 5.82 Å². The number of hydrogen-bond acceptors (Lipinski definition) is 4. The molecular weight excluding hydrogens is 200 g/mol. The second-order valence-electron chi connectivity index (χ2n) is 3.01. The van der Waals surface area contributed by atoms with Gasteiger partial charge in [-0.1, -0.05) is 18.2 Å². The van der Waals surface area contributed by atoms with Crippen molar-refractivity contribution in [3.05, 3.63) is 23.9 Å². The molecule has 0 aromatic carbocycles. The van der Waals surface area contributed by atoms with Crippen molar-refractivity contribution in [1.82, 2.24) is 9.97 Å². The first-order chi connectivity index (χ1) is 6.59. The molecule has 0 amide bonds. The van der Waals surface area contributed by atoms with E-state index in [9.17, 15) is 0 Å². The molecule has 5 heteroatoms. The topological polar surface area (TPSA) is 41.1 Å². The van der Waals surface area contributed by atoms with Crippen LogP contribution in [-0.2, 0) is 0 Å². The summed E-state index contributed by atoms with van der Waals surface area (Å²) >= 11 is 5.62. The number of nitrogens with one attached hydrogen (secondary N) is 1. The van der Waals surface area contributed by atoms with Crippen LogP contribution in [0.2, 0.25) is 0 Å². The number of rotatable bonds is 4. The van der Waals surface area contributed by atoms with Crippen LogP contribution in [0.4, 0.5) is 11.8 Å². The highest BCUT2D eigenvalue weighted by atomic mass is 35.5. The molecule has 0 aliphatic heterocycles. The average molecular weight is 213 g/mol. The molecule has 1 rings (SSSR count). The molecule has 0 unspecified atom stereocenters. The highest BCUT2D eigenvalue weighted by Gasteiger charge is 2.00. The van der Waals surface area contributed by atoms with Gasteiger partial charge in [0.1, 0.15) is 5.82 Å². The van der Waals surface area contributed by atoms with Crippen LogP contribution in [0.3, 0.4) is 0 Å². The van der Waals surface area contributed by atoms with E-state index in [1.165, 1.54) is 0 Å². The van der Waals surface area contributed by atoms with Crippen molar-refractivity contribution >= 4 is 23.4 Å². The van der Waals surface area contributed by atoms with E-state index in [1.54, 1.807) is 12.3 Å². The van der Waals surface area contributed by atoms with Gasteiger partial charge in [-0.2, -0.15) is 4.98 Å². The molecule has 0 bridgehead atoms. The van der Waals surface area contributed by atoms with Crippen molar-refractivity contribution in [3.63, 3.8) is 0 Å². The van der Waals surface area contributed by atoms with Gasteiger partial charge in [0.05, 0.1) is 6.54 Å². The van der Waals surface area contributed by atoms with Crippen molar-refractivity contribution in [2.45, 2.75) is 0 Å². The Morgan fingerprint density at radius 3 is 2.93 bits per heavy atom. The fraction of sp³-hybridized carbons (Fsp3) is 0.333. The number of hydrogen-bond donors (Lipinski definition) is 1. The zero-order chi connectivity index (χ0) is 10.6. The SMILES string of the molecule is C=C(Cl)CNc1ccnc(N(C)C)n1. The molecule has 0 radical (unpaired) electrons. The molecule has 0 aliphatic rings. The first-order valence-corrected chi connectivity index (χ1v) is 4.55. The third-order valence-corrected chi connectivity index (χ3v) is 1.64. The summed E-state index contributed by atoms with van der Waals surface area (Å²) < 4.78 is 0. The smallest absolute Gasteiger partial charge is 0.226 e. The molecule has 0 fully saturated rings. The number of nitrogens with zero attached hydrogens (tertiary/aromatic N) is 3. The maximum atomic E-state index is 5.62. The monoisotopic (exact) mass is 212 g/mol. The van der Waals surface area contributed by atoms with Crippen LogP contribution in [0.15, 0.2) is 23.9 Å². The molecule has 1 N–H and O–H groups in total. The van der Waals surface area contributed by atoms with E-state index in [0.29, 0.717) is 17.5 Å². The third kappa shape index (κ3) is 3.22. The normalized spacial score (nSPS) is 9.64. The first-order valence-electron chi connectivity index (χ1n) is 4.17. The molecule has 1 aromatic heterocycles. The summed E-state index contributed by atoms with van der Waals surface area (Å²) in [5, 5.41) is 3.58. The van der Waals surface area contributed by atoms with Crippen LogP contribution in [0.5, 0.6) is 0 Å². The summed E-state index contributed by atoms with van der Waals surface area (Å²) in [5.74, 6) is 1.40. The fourth-order valence-electron chi connectivity index (χ4n) is 0.849. The Kier molecular flexibility index (Phi) is 3.71. The van der Waals surface area contributed by atoms with Crippen molar-refractivity contribution in [2.24, 2.45) is 0 Å². The number of halogens is 1. The molecular formula is C9H13ClN4. The van der Waals surface area contributed by atoms with Crippen LogP contribution < -0.4 is 10.2 Å². The maximum Gasteiger partial charge on any atom is 0.226 e. The molecule has 4 nitrogen and oxygen atoms in total. The maximum absolute atomic E-state index is 5.62. The van der Waals surface area contributed by atoms with Gasteiger partial charge in [0.15, 0.2) is 0 Å². The van der Waals surface area contributed by atoms with E-state index in [-0.39, 0.29) is 0 Å². The fourth-order valence-corrected chi connectivity index (χ4v) is 0.916. The molecule has 0 atom stereocenters. The summed E-state index contributed by atoms with van der Waals surface area (Å²) in [7, 11) is 3.78. The van der Waals surface area contributed by atoms with E-state index < -0.39 is 0 Å². The Balaban J connectivity index is 2.68. The minimum atomic E-state index is 0.505. The molecule has 0 saturated heterocycles. The zero-order valence-electron chi connectivity index (χ0n) is 8.29. The lowest BCUT2D eigenvalue weighted by Gasteiger charge is -2.11. The van der Waals surface area contributed by atoms with E-state index in [4.69, 9.17) is 11.6 Å². The molecule has 76 valence electrons. The van der Waals surface area contributed by atoms with Gasteiger partial charge in [-0.25, -0.2) is 4.98 Å². The van der Waals surface area contributed by atoms with Gasteiger partial charge in [0.25, 0.3) is 0 Å². The number of aromatic nitrogens is 2. The summed E-state index contributed by atoms with van der Waals surface area (Å²) in [6, 6.07) is 1.78. The second kappa shape index (κ2) is 4.81. The summed E-state index contributed by atoms with van der Waals surface area (Å²) in [5.41, 5.74) is 0. The highest BCUT2D eigenvalue weighted by Crippen LogP contribution is 2.08. The Hall–Kier alpha value is -1.29. The summed E-state index contributed by atoms with van der Waals surface area (Å²) in [6.45, 7) is 4.08. The Bertz CT molecular complexity index is 324. The van der Waals surface area contributed by atoms with Crippen molar-refractivity contribution < 1.29 is 0 Å². The van der Waals surface area contributed by atoms with Crippen LogP contribution in [0.25, 0.3) is 0 Å². The van der Waals surface area contributed by atoms with Gasteiger partial charge < -0.3 is 10.2 Å². The Labute approximate surface area is 88.6 Å². The van der Waals surface area contributed by atoms with Gasteiger partial charge in [-0.05, 0) is 6.07 Å². The van der Waals surface area contributed by atoms with Gasteiger partial charge in [-0.15, -0.1) is 0 Å². The molecule has 1 heterocycles. The highest BCUT2D eigenvalue weighted by molar-refractivity contribution is 6.29. The first kappa shape index (κ1) is 10.8. The van der Waals surface area contributed by atoms with Gasteiger partial charge >= 0.3 is 0 Å². The third-order valence-electron chi connectivity index (χ3n) is 1.50. The largest absolute Gasteiger partial charge is 0.365 e. The van der Waals surface area contributed by atoms with Gasteiger partial charge in [0.2, 0.25) is 5.95 Å². The molecule has 0 spiro atoms. The summed E-state index contributed by atoms with van der Waals surface area (Å²) in [6.07, 6.45) is 1.70. The average Bonchev–Trinajstić information content (AvgIpc) is 2.15. The predicted molar refractivity (Wildman–Crippen MR) is 59.8 cm³/mol.